The first-order valence-electron chi connectivity index (χ1n) is 6.98. The van der Waals surface area contributed by atoms with Gasteiger partial charge in [-0.25, -0.2) is 0 Å². The largest absolute Gasteiger partial charge is 0.458 e. The Morgan fingerprint density at radius 1 is 1.22 bits per heavy atom. The van der Waals surface area contributed by atoms with Crippen LogP contribution in [0.2, 0.25) is 0 Å². The minimum Gasteiger partial charge on any atom is -0.458 e. The first-order valence-corrected chi connectivity index (χ1v) is 6.98. The molecule has 0 saturated heterocycles. The van der Waals surface area contributed by atoms with Gasteiger partial charge in [0.2, 0.25) is 0 Å². The maximum atomic E-state index is 12.8. The Hall–Kier alpha value is -1.25. The van der Waals surface area contributed by atoms with Crippen LogP contribution < -0.4 is 0 Å². The van der Waals surface area contributed by atoms with E-state index in [0.717, 1.165) is 0 Å². The van der Waals surface area contributed by atoms with Crippen molar-refractivity contribution in [1.82, 2.24) is 0 Å². The lowest BCUT2D eigenvalue weighted by atomic mass is 9.77. The molecule has 1 fully saturated rings. The van der Waals surface area contributed by atoms with Crippen LogP contribution in [0.3, 0.4) is 0 Å². The fourth-order valence-corrected chi connectivity index (χ4v) is 3.33. The highest BCUT2D eigenvalue weighted by Crippen LogP contribution is 2.53. The van der Waals surface area contributed by atoms with Gasteiger partial charge in [0.25, 0.3) is 5.60 Å². The molecule has 0 heterocycles. The number of rotatable bonds is 3. The summed E-state index contributed by atoms with van der Waals surface area (Å²) in [6.45, 7) is 1.85. The molecule has 1 N–H and O–H groups in total. The van der Waals surface area contributed by atoms with Crippen molar-refractivity contribution in [2.24, 2.45) is 17.3 Å². The van der Waals surface area contributed by atoms with Gasteiger partial charge < -0.3 is 9.84 Å². The van der Waals surface area contributed by atoms with Crippen LogP contribution in [0, 0.1) is 17.3 Å². The van der Waals surface area contributed by atoms with E-state index in [0.29, 0.717) is 19.8 Å². The van der Waals surface area contributed by atoms with Crippen LogP contribution in [0.5, 0.6) is 0 Å². The third-order valence-electron chi connectivity index (χ3n) is 4.88. The zero-order valence-corrected chi connectivity index (χ0v) is 12.3. The average Bonchev–Trinajstić information content (AvgIpc) is 2.95. The second-order valence-corrected chi connectivity index (χ2v) is 6.42. The van der Waals surface area contributed by atoms with E-state index in [1.165, 1.54) is 6.92 Å². The molecule has 4 atom stereocenters. The molecule has 9 heteroatoms. The molecule has 0 spiro atoms. The molecule has 2 aliphatic rings. The van der Waals surface area contributed by atoms with Crippen molar-refractivity contribution in [2.75, 3.05) is 0 Å². The predicted molar refractivity (Wildman–Crippen MR) is 66.1 cm³/mol. The van der Waals surface area contributed by atoms with Crippen LogP contribution in [0.25, 0.3) is 0 Å². The Bertz CT molecular complexity index is 510. The van der Waals surface area contributed by atoms with Gasteiger partial charge in [-0.15, -0.1) is 0 Å². The van der Waals surface area contributed by atoms with E-state index >= 15 is 0 Å². The summed E-state index contributed by atoms with van der Waals surface area (Å²) in [5, 5.41) is 9.22. The molecule has 0 aromatic rings. The number of alkyl halides is 6. The van der Waals surface area contributed by atoms with Gasteiger partial charge in [0.15, 0.2) is 0 Å². The quantitative estimate of drug-likeness (QED) is 0.484. The normalized spacial score (nSPS) is 32.2. The molecule has 132 valence electrons. The van der Waals surface area contributed by atoms with Gasteiger partial charge in [-0.1, -0.05) is 12.2 Å². The Labute approximate surface area is 128 Å². The van der Waals surface area contributed by atoms with Gasteiger partial charge in [0.05, 0.1) is 5.41 Å². The minimum atomic E-state index is -6.03. The van der Waals surface area contributed by atoms with Crippen molar-refractivity contribution in [3.05, 3.63) is 12.2 Å². The molecule has 0 aliphatic heterocycles. The summed E-state index contributed by atoms with van der Waals surface area (Å²) in [6, 6.07) is 0. The number of ether oxygens (including phenoxy) is 1. The molecular weight excluding hydrogens is 330 g/mol. The third kappa shape index (κ3) is 2.62. The number of hydrogen-bond donors (Lipinski definition) is 1. The summed E-state index contributed by atoms with van der Waals surface area (Å²) in [6.07, 6.45) is -10.4. The van der Waals surface area contributed by atoms with Crippen LogP contribution in [-0.4, -0.2) is 35.1 Å². The van der Waals surface area contributed by atoms with E-state index in [4.69, 9.17) is 0 Å². The first kappa shape index (κ1) is 18.1. The lowest BCUT2D eigenvalue weighted by molar-refractivity contribution is -0.389. The molecule has 0 aromatic heterocycles. The number of carbonyl (C=O) groups is 1. The molecule has 0 aromatic carbocycles. The predicted octanol–water partition coefficient (Wildman–Crippen LogP) is 3.38. The number of hydrogen-bond acceptors (Lipinski definition) is 3. The molecule has 0 radical (unpaired) electrons. The van der Waals surface area contributed by atoms with Gasteiger partial charge in [-0.2, -0.15) is 26.3 Å². The van der Waals surface area contributed by atoms with E-state index < -0.39 is 35.4 Å². The van der Waals surface area contributed by atoms with Crippen LogP contribution >= 0.6 is 0 Å². The highest BCUT2D eigenvalue weighted by atomic mass is 19.4. The lowest BCUT2D eigenvalue weighted by Gasteiger charge is -2.38. The average molecular weight is 346 g/mol. The fourth-order valence-electron chi connectivity index (χ4n) is 3.33. The maximum absolute atomic E-state index is 12.8. The first-order chi connectivity index (χ1) is 10.2. The number of aliphatic hydroxyl groups is 1. The van der Waals surface area contributed by atoms with Crippen LogP contribution in [0.4, 0.5) is 26.3 Å². The van der Waals surface area contributed by atoms with Crippen molar-refractivity contribution in [3.63, 3.8) is 0 Å². The Balaban J connectivity index is 2.21. The van der Waals surface area contributed by atoms with Crippen molar-refractivity contribution in [2.45, 2.75) is 50.7 Å². The number of halogens is 6. The zero-order valence-electron chi connectivity index (χ0n) is 12.3. The summed E-state index contributed by atoms with van der Waals surface area (Å²) < 4.78 is 81.0. The molecule has 2 aliphatic carbocycles. The molecule has 0 amide bonds. The summed E-state index contributed by atoms with van der Waals surface area (Å²) in [7, 11) is 0. The van der Waals surface area contributed by atoms with E-state index in [1.807, 2.05) is 6.08 Å². The Morgan fingerprint density at radius 2 is 1.74 bits per heavy atom. The lowest BCUT2D eigenvalue weighted by Crippen LogP contribution is -2.64. The van der Waals surface area contributed by atoms with Gasteiger partial charge in [-0.3, -0.25) is 4.79 Å². The van der Waals surface area contributed by atoms with E-state index in [2.05, 4.69) is 4.74 Å². The highest BCUT2D eigenvalue weighted by molar-refractivity contribution is 5.78. The van der Waals surface area contributed by atoms with Gasteiger partial charge in [0.1, 0.15) is 6.10 Å². The maximum Gasteiger partial charge on any atom is 0.430 e. The second kappa shape index (κ2) is 5.12. The molecular formula is C14H16F6O3. The van der Waals surface area contributed by atoms with Crippen LogP contribution in [0.1, 0.15) is 26.7 Å². The van der Waals surface area contributed by atoms with Gasteiger partial charge >= 0.3 is 18.3 Å². The van der Waals surface area contributed by atoms with Gasteiger partial charge in [0, 0.05) is 0 Å². The number of carbonyl (C=O) groups excluding carboxylic acids is 1. The fraction of sp³-hybridized carbons (Fsp3) is 0.786. The molecule has 3 nitrogen and oxygen atoms in total. The third-order valence-corrected chi connectivity index (χ3v) is 4.88. The second-order valence-electron chi connectivity index (χ2n) is 6.42. The van der Waals surface area contributed by atoms with Gasteiger partial charge in [-0.05, 0) is 38.5 Å². The number of allylic oxidation sites excluding steroid dienone is 2. The van der Waals surface area contributed by atoms with E-state index in [-0.39, 0.29) is 11.8 Å². The molecule has 4 unspecified atom stereocenters. The van der Waals surface area contributed by atoms with Crippen molar-refractivity contribution in [3.8, 4) is 0 Å². The van der Waals surface area contributed by atoms with Crippen molar-refractivity contribution < 1.29 is 41.0 Å². The standard InChI is InChI=1S/C14H16F6O3/c1-7(12(22,13(15,16)17)14(18,19)20)23-10(21)11(2)6-8-3-4-9(11)5-8/h3-4,7-9,22H,5-6H2,1-2H3. The molecule has 2 bridgehead atoms. The van der Waals surface area contributed by atoms with Crippen molar-refractivity contribution in [1.29, 1.82) is 0 Å². The molecule has 1 saturated carbocycles. The monoisotopic (exact) mass is 346 g/mol. The molecule has 23 heavy (non-hydrogen) atoms. The smallest absolute Gasteiger partial charge is 0.430 e. The van der Waals surface area contributed by atoms with Crippen LogP contribution in [0.15, 0.2) is 12.2 Å². The zero-order chi connectivity index (χ0) is 17.8. The van der Waals surface area contributed by atoms with E-state index in [1.54, 1.807) is 6.08 Å². The summed E-state index contributed by atoms with van der Waals surface area (Å²) >= 11 is 0. The van der Waals surface area contributed by atoms with Crippen LogP contribution in [-0.2, 0) is 9.53 Å². The number of esters is 1. The summed E-state index contributed by atoms with van der Waals surface area (Å²) in [5.41, 5.74) is -6.29. The highest BCUT2D eigenvalue weighted by Gasteiger charge is 2.74. The SMILES string of the molecule is CC(OC(=O)C1(C)CC2C=CC1C2)C(O)(C(F)(F)F)C(F)(F)F. The van der Waals surface area contributed by atoms with Crippen molar-refractivity contribution >= 4 is 5.97 Å². The summed E-state index contributed by atoms with van der Waals surface area (Å²) in [5.74, 6) is -1.37. The summed E-state index contributed by atoms with van der Waals surface area (Å²) in [4.78, 5) is 12.2. The Morgan fingerprint density at radius 3 is 2.09 bits per heavy atom. The molecule has 2 rings (SSSR count). The van der Waals surface area contributed by atoms with E-state index in [9.17, 15) is 36.2 Å². The Kier molecular flexibility index (Phi) is 4.03. The topological polar surface area (TPSA) is 46.5 Å². The minimum absolute atomic E-state index is 0.0666. The number of fused-ring (bicyclic) bond motifs is 2.